The molecule has 0 spiro atoms. The molecule has 1 aliphatic carbocycles. The molecule has 0 aliphatic heterocycles. The van der Waals surface area contributed by atoms with E-state index in [1.54, 1.807) is 0 Å². The first-order chi connectivity index (χ1) is 33.2. The third kappa shape index (κ3) is 5.88. The lowest BCUT2D eigenvalue weighted by Gasteiger charge is -2.39. The SMILES string of the molecule is c1ccc(C(c2ccccc2)(c2ccccc2)c2ccc3c(c2)C(c2ccccc2)(c2ccccc2)c2cc(-c4ccc5c(c4)c4ccccc4n5-c4ccc5ccccc5c4)ccc2-3)cc1. The molecule has 13 rings (SSSR count). The van der Waals surface area contributed by atoms with Crippen LogP contribution in [0.1, 0.15) is 44.5 Å². The van der Waals surface area contributed by atoms with Crippen molar-refractivity contribution in [3.8, 4) is 27.9 Å². The van der Waals surface area contributed by atoms with Gasteiger partial charge in [0.05, 0.1) is 21.9 Å². The van der Waals surface area contributed by atoms with Crippen LogP contribution >= 0.6 is 0 Å². The van der Waals surface area contributed by atoms with Gasteiger partial charge in [-0.1, -0.05) is 237 Å². The minimum absolute atomic E-state index is 0.598. The lowest BCUT2D eigenvalue weighted by Crippen LogP contribution is -2.33. The van der Waals surface area contributed by atoms with Crippen LogP contribution in [-0.4, -0.2) is 4.57 Å². The fraction of sp³-hybridized carbons (Fsp3) is 0.0303. The Morgan fingerprint density at radius 3 is 1.40 bits per heavy atom. The van der Waals surface area contributed by atoms with Crippen molar-refractivity contribution >= 4 is 32.6 Å². The summed E-state index contributed by atoms with van der Waals surface area (Å²) in [5, 5.41) is 4.97. The van der Waals surface area contributed by atoms with Gasteiger partial charge in [0.1, 0.15) is 0 Å². The maximum absolute atomic E-state index is 2.55. The largest absolute Gasteiger partial charge is 0.309 e. The third-order valence-electron chi connectivity index (χ3n) is 14.6. The number of para-hydroxylation sites is 1. The summed E-state index contributed by atoms with van der Waals surface area (Å²) in [6, 6.07) is 102. The molecule has 1 aromatic heterocycles. The predicted molar refractivity (Wildman–Crippen MR) is 279 cm³/mol. The minimum atomic E-state index is -0.620. The second kappa shape index (κ2) is 15.6. The Balaban J connectivity index is 1.06. The molecule has 11 aromatic carbocycles. The molecule has 12 aromatic rings. The van der Waals surface area contributed by atoms with Crippen molar-refractivity contribution in [2.75, 3.05) is 0 Å². The molecule has 0 unspecified atom stereocenters. The van der Waals surface area contributed by atoms with Gasteiger partial charge in [0.25, 0.3) is 0 Å². The highest BCUT2D eigenvalue weighted by atomic mass is 15.0. The van der Waals surface area contributed by atoms with E-state index in [-0.39, 0.29) is 0 Å². The zero-order valence-electron chi connectivity index (χ0n) is 36.9. The molecule has 0 amide bonds. The molecular formula is C66H45N. The number of hydrogen-bond acceptors (Lipinski definition) is 0. The van der Waals surface area contributed by atoms with Gasteiger partial charge in [-0.15, -0.1) is 0 Å². The van der Waals surface area contributed by atoms with Crippen molar-refractivity contribution in [1.29, 1.82) is 0 Å². The van der Waals surface area contributed by atoms with E-state index in [0.717, 1.165) is 0 Å². The summed E-state index contributed by atoms with van der Waals surface area (Å²) < 4.78 is 2.42. The Kier molecular flexibility index (Phi) is 9.05. The molecule has 67 heavy (non-hydrogen) atoms. The Labute approximate surface area is 391 Å². The zero-order chi connectivity index (χ0) is 44.4. The fourth-order valence-corrected chi connectivity index (χ4v) is 11.7. The highest BCUT2D eigenvalue weighted by Crippen LogP contribution is 2.58. The quantitative estimate of drug-likeness (QED) is 0.134. The smallest absolute Gasteiger partial charge is 0.0713 e. The van der Waals surface area contributed by atoms with Crippen molar-refractivity contribution in [2.24, 2.45) is 0 Å². The van der Waals surface area contributed by atoms with E-state index in [0.29, 0.717) is 0 Å². The molecule has 1 nitrogen and oxygen atoms in total. The molecule has 0 saturated carbocycles. The summed E-state index contributed by atoms with van der Waals surface area (Å²) in [5.41, 5.74) is 17.2. The van der Waals surface area contributed by atoms with Crippen molar-refractivity contribution in [3.05, 3.63) is 317 Å². The number of hydrogen-bond donors (Lipinski definition) is 0. The van der Waals surface area contributed by atoms with Crippen LogP contribution < -0.4 is 0 Å². The molecule has 1 heteroatoms. The van der Waals surface area contributed by atoms with Crippen LogP contribution in [0, 0.1) is 0 Å². The number of rotatable bonds is 8. The van der Waals surface area contributed by atoms with Gasteiger partial charge < -0.3 is 4.57 Å². The van der Waals surface area contributed by atoms with Crippen molar-refractivity contribution in [2.45, 2.75) is 10.8 Å². The van der Waals surface area contributed by atoms with Crippen molar-refractivity contribution < 1.29 is 0 Å². The van der Waals surface area contributed by atoms with Gasteiger partial charge in [-0.05, 0) is 114 Å². The number of aromatic nitrogens is 1. The maximum Gasteiger partial charge on any atom is 0.0713 e. The number of benzene rings is 11. The minimum Gasteiger partial charge on any atom is -0.309 e. The Morgan fingerprint density at radius 1 is 0.299 bits per heavy atom. The monoisotopic (exact) mass is 851 g/mol. The van der Waals surface area contributed by atoms with E-state index in [1.165, 1.54) is 105 Å². The molecule has 314 valence electrons. The lowest BCUT2D eigenvalue weighted by atomic mass is 9.63. The summed E-state index contributed by atoms with van der Waals surface area (Å²) in [6.45, 7) is 0. The fourth-order valence-electron chi connectivity index (χ4n) is 11.7. The summed E-state index contributed by atoms with van der Waals surface area (Å²) >= 11 is 0. The van der Waals surface area contributed by atoms with Gasteiger partial charge in [-0.25, -0.2) is 0 Å². The molecule has 0 radical (unpaired) electrons. The standard InChI is InChI=1S/C66H45N/c1-6-22-50(23-7-1)65(51-24-8-2-9-25-51,52-26-10-3-11-27-52)55-37-40-58-57-39-35-49(44-61(57)66(62(58)45-55,53-28-12-4-13-29-53)54-30-14-5-15-31-54)48-36-41-64-60(43-48)59-32-18-19-33-63(59)67(64)56-38-34-46-20-16-17-21-47(46)42-56/h1-45H. The summed E-state index contributed by atoms with van der Waals surface area (Å²) in [4.78, 5) is 0. The predicted octanol–water partition coefficient (Wildman–Crippen LogP) is 16.3. The van der Waals surface area contributed by atoms with Crippen molar-refractivity contribution in [1.82, 2.24) is 4.57 Å². The first-order valence-electron chi connectivity index (χ1n) is 23.3. The van der Waals surface area contributed by atoms with E-state index in [9.17, 15) is 0 Å². The van der Waals surface area contributed by atoms with E-state index >= 15 is 0 Å². The van der Waals surface area contributed by atoms with Crippen LogP contribution in [-0.2, 0) is 10.8 Å². The van der Waals surface area contributed by atoms with Crippen LogP contribution in [0.2, 0.25) is 0 Å². The highest BCUT2D eigenvalue weighted by Gasteiger charge is 2.48. The molecular weight excluding hydrogens is 807 g/mol. The molecule has 0 N–H and O–H groups in total. The molecule has 0 saturated heterocycles. The van der Waals surface area contributed by atoms with Crippen LogP contribution in [0.3, 0.4) is 0 Å². The van der Waals surface area contributed by atoms with Crippen LogP contribution in [0.15, 0.2) is 273 Å². The topological polar surface area (TPSA) is 4.93 Å². The second-order valence-corrected chi connectivity index (χ2v) is 18.0. The molecule has 0 atom stereocenters. The molecule has 1 aliphatic rings. The maximum atomic E-state index is 2.55. The molecule has 0 bridgehead atoms. The van der Waals surface area contributed by atoms with Crippen LogP contribution in [0.4, 0.5) is 0 Å². The van der Waals surface area contributed by atoms with Crippen molar-refractivity contribution in [3.63, 3.8) is 0 Å². The van der Waals surface area contributed by atoms with E-state index in [1.807, 2.05) is 0 Å². The Bertz CT molecular complexity index is 3640. The number of nitrogens with zero attached hydrogens (tertiary/aromatic N) is 1. The van der Waals surface area contributed by atoms with E-state index in [2.05, 4.69) is 278 Å². The second-order valence-electron chi connectivity index (χ2n) is 18.0. The average Bonchev–Trinajstić information content (AvgIpc) is 3.90. The first-order valence-corrected chi connectivity index (χ1v) is 23.3. The van der Waals surface area contributed by atoms with Gasteiger partial charge in [0.15, 0.2) is 0 Å². The van der Waals surface area contributed by atoms with Crippen LogP contribution in [0.5, 0.6) is 0 Å². The molecule has 1 heterocycles. The Morgan fingerprint density at radius 2 is 0.776 bits per heavy atom. The molecule has 0 fully saturated rings. The van der Waals surface area contributed by atoms with Gasteiger partial charge in [-0.2, -0.15) is 0 Å². The summed E-state index contributed by atoms with van der Waals surface area (Å²) in [5.74, 6) is 0. The zero-order valence-corrected chi connectivity index (χ0v) is 36.9. The average molecular weight is 852 g/mol. The van der Waals surface area contributed by atoms with Gasteiger partial charge in [-0.3, -0.25) is 0 Å². The van der Waals surface area contributed by atoms with Gasteiger partial charge >= 0.3 is 0 Å². The van der Waals surface area contributed by atoms with Gasteiger partial charge in [0.2, 0.25) is 0 Å². The summed E-state index contributed by atoms with van der Waals surface area (Å²) in [7, 11) is 0. The Hall–Kier alpha value is -8.52. The third-order valence-corrected chi connectivity index (χ3v) is 14.6. The lowest BCUT2D eigenvalue weighted by molar-refractivity contribution is 0.729. The normalized spacial score (nSPS) is 12.9. The van der Waals surface area contributed by atoms with E-state index < -0.39 is 10.8 Å². The highest BCUT2D eigenvalue weighted by molar-refractivity contribution is 6.11. The summed E-state index contributed by atoms with van der Waals surface area (Å²) in [6.07, 6.45) is 0. The van der Waals surface area contributed by atoms with Crippen LogP contribution in [0.25, 0.3) is 60.5 Å². The van der Waals surface area contributed by atoms with E-state index in [4.69, 9.17) is 0 Å². The number of fused-ring (bicyclic) bond motifs is 7. The first kappa shape index (κ1) is 38.9. The van der Waals surface area contributed by atoms with Gasteiger partial charge in [0, 0.05) is 16.5 Å².